The maximum Gasteiger partial charge on any atom is 0.323 e. The predicted molar refractivity (Wildman–Crippen MR) is 105 cm³/mol. The van der Waals surface area contributed by atoms with Crippen molar-refractivity contribution in [1.82, 2.24) is 5.32 Å². The van der Waals surface area contributed by atoms with Crippen molar-refractivity contribution in [2.75, 3.05) is 0 Å². The van der Waals surface area contributed by atoms with E-state index in [1.807, 2.05) is 60.6 Å². The molecule has 1 aliphatic heterocycles. The molecule has 0 aromatic heterocycles. The van der Waals surface area contributed by atoms with Crippen LogP contribution in [0.4, 0.5) is 0 Å². The minimum Gasteiger partial charge on any atom is -0.460 e. The van der Waals surface area contributed by atoms with E-state index in [9.17, 15) is 9.59 Å². The summed E-state index contributed by atoms with van der Waals surface area (Å²) in [6, 6.07) is 6.32. The summed E-state index contributed by atoms with van der Waals surface area (Å²) < 4.78 is 11.2. The zero-order valence-electron chi connectivity index (χ0n) is 17.1. The van der Waals surface area contributed by atoms with Gasteiger partial charge in [0.2, 0.25) is 0 Å². The number of ether oxygens (including phenoxy) is 2. The van der Waals surface area contributed by atoms with Crippen LogP contribution in [-0.4, -0.2) is 29.2 Å². The molecule has 1 fully saturated rings. The van der Waals surface area contributed by atoms with Gasteiger partial charge in [0.05, 0.1) is 5.92 Å². The van der Waals surface area contributed by atoms with Crippen LogP contribution in [0.3, 0.4) is 0 Å². The minimum atomic E-state index is -0.606. The number of hydrogen-bond acceptors (Lipinski definition) is 5. The fourth-order valence-corrected chi connectivity index (χ4v) is 3.43. The Morgan fingerprint density at radius 2 is 1.41 bits per heavy atom. The van der Waals surface area contributed by atoms with Gasteiger partial charge in [0.25, 0.3) is 0 Å². The second-order valence-corrected chi connectivity index (χ2v) is 9.56. The Hall–Kier alpha value is -1.59. The SMILES string of the molecule is C[C@@H]1[C@@H](C(=O)OC(C)(C)C)[C@@H](c2ccc(Cl)cc2)N[C@H]1C(=O)OC(C)(C)C. The van der Waals surface area contributed by atoms with E-state index in [0.29, 0.717) is 5.02 Å². The fourth-order valence-electron chi connectivity index (χ4n) is 3.30. The molecule has 1 aliphatic rings. The molecule has 0 saturated carbocycles. The molecule has 0 amide bonds. The fraction of sp³-hybridized carbons (Fsp3) is 0.619. The highest BCUT2D eigenvalue weighted by Gasteiger charge is 2.50. The number of carbonyl (C=O) groups is 2. The second kappa shape index (κ2) is 7.80. The number of halogens is 1. The maximum absolute atomic E-state index is 12.9. The van der Waals surface area contributed by atoms with Crippen LogP contribution < -0.4 is 5.32 Å². The van der Waals surface area contributed by atoms with E-state index >= 15 is 0 Å². The van der Waals surface area contributed by atoms with Crippen LogP contribution in [0.25, 0.3) is 0 Å². The molecule has 0 aliphatic carbocycles. The van der Waals surface area contributed by atoms with Gasteiger partial charge in [0, 0.05) is 11.1 Å². The molecule has 0 bridgehead atoms. The number of rotatable bonds is 3. The van der Waals surface area contributed by atoms with Gasteiger partial charge in [-0.3, -0.25) is 14.9 Å². The Kier molecular flexibility index (Phi) is 6.27. The Morgan fingerprint density at radius 3 is 1.89 bits per heavy atom. The number of hydrogen-bond donors (Lipinski definition) is 1. The topological polar surface area (TPSA) is 64.6 Å². The van der Waals surface area contributed by atoms with Crippen molar-refractivity contribution in [3.8, 4) is 0 Å². The summed E-state index contributed by atoms with van der Waals surface area (Å²) in [7, 11) is 0. The van der Waals surface area contributed by atoms with Gasteiger partial charge < -0.3 is 9.47 Å². The van der Waals surface area contributed by atoms with Crippen molar-refractivity contribution in [1.29, 1.82) is 0 Å². The summed E-state index contributed by atoms with van der Waals surface area (Å²) in [4.78, 5) is 25.6. The molecule has 150 valence electrons. The smallest absolute Gasteiger partial charge is 0.323 e. The van der Waals surface area contributed by atoms with Gasteiger partial charge in [-0.15, -0.1) is 0 Å². The predicted octanol–water partition coefficient (Wildman–Crippen LogP) is 4.29. The highest BCUT2D eigenvalue weighted by atomic mass is 35.5. The summed E-state index contributed by atoms with van der Waals surface area (Å²) in [5.74, 6) is -1.48. The van der Waals surface area contributed by atoms with Gasteiger partial charge in [-0.1, -0.05) is 30.7 Å². The molecule has 5 nitrogen and oxygen atoms in total. The van der Waals surface area contributed by atoms with Crippen LogP contribution >= 0.6 is 11.6 Å². The molecule has 1 aromatic rings. The standard InChI is InChI=1S/C21H30ClNO4/c1-12-15(18(24)26-20(2,3)4)17(13-8-10-14(22)11-9-13)23-16(12)19(25)27-21(5,6)7/h8-12,15-17,23H,1-7H3/t12-,15-,16-,17-/m1/s1. The van der Waals surface area contributed by atoms with Gasteiger partial charge in [0.1, 0.15) is 17.2 Å². The lowest BCUT2D eigenvalue weighted by Crippen LogP contribution is -2.41. The van der Waals surface area contributed by atoms with E-state index in [4.69, 9.17) is 21.1 Å². The average molecular weight is 396 g/mol. The first kappa shape index (κ1) is 21.7. The Balaban J connectivity index is 2.34. The van der Waals surface area contributed by atoms with E-state index in [1.54, 1.807) is 12.1 Å². The third kappa shape index (κ3) is 5.69. The van der Waals surface area contributed by atoms with Crippen molar-refractivity contribution in [3.63, 3.8) is 0 Å². The number of carbonyl (C=O) groups excluding carboxylic acids is 2. The van der Waals surface area contributed by atoms with Crippen molar-refractivity contribution < 1.29 is 19.1 Å². The molecule has 1 saturated heterocycles. The Morgan fingerprint density at radius 1 is 0.926 bits per heavy atom. The van der Waals surface area contributed by atoms with Gasteiger partial charge in [-0.05, 0) is 65.2 Å². The molecule has 0 unspecified atom stereocenters. The first-order valence-electron chi connectivity index (χ1n) is 9.26. The lowest BCUT2D eigenvalue weighted by molar-refractivity contribution is -0.162. The van der Waals surface area contributed by atoms with Crippen LogP contribution in [0.5, 0.6) is 0 Å². The van der Waals surface area contributed by atoms with Crippen LogP contribution in [0.15, 0.2) is 24.3 Å². The molecule has 0 radical (unpaired) electrons. The van der Waals surface area contributed by atoms with Crippen molar-refractivity contribution in [3.05, 3.63) is 34.9 Å². The Labute approximate surface area is 166 Å². The third-order valence-electron chi connectivity index (χ3n) is 4.38. The summed E-state index contributed by atoms with van der Waals surface area (Å²) in [5, 5.41) is 3.91. The maximum atomic E-state index is 12.9. The monoisotopic (exact) mass is 395 g/mol. The first-order chi connectivity index (χ1) is 12.3. The van der Waals surface area contributed by atoms with Crippen LogP contribution in [0.1, 0.15) is 60.1 Å². The summed E-state index contributed by atoms with van der Waals surface area (Å²) >= 11 is 6.00. The number of esters is 2. The normalized spacial score (nSPS) is 25.9. The van der Waals surface area contributed by atoms with Crippen molar-refractivity contribution in [2.24, 2.45) is 11.8 Å². The van der Waals surface area contributed by atoms with Crippen molar-refractivity contribution in [2.45, 2.75) is 71.8 Å². The van der Waals surface area contributed by atoms with Crippen LogP contribution in [-0.2, 0) is 19.1 Å². The van der Waals surface area contributed by atoms with Gasteiger partial charge >= 0.3 is 11.9 Å². The largest absolute Gasteiger partial charge is 0.460 e. The molecule has 27 heavy (non-hydrogen) atoms. The molecule has 6 heteroatoms. The van der Waals surface area contributed by atoms with Gasteiger partial charge in [-0.25, -0.2) is 0 Å². The van der Waals surface area contributed by atoms with Crippen molar-refractivity contribution >= 4 is 23.5 Å². The van der Waals surface area contributed by atoms with E-state index in [1.165, 1.54) is 0 Å². The average Bonchev–Trinajstić information content (AvgIpc) is 2.82. The summed E-state index contributed by atoms with van der Waals surface area (Å²) in [5.41, 5.74) is -0.322. The second-order valence-electron chi connectivity index (χ2n) is 9.13. The molecule has 1 N–H and O–H groups in total. The lowest BCUT2D eigenvalue weighted by atomic mass is 9.85. The first-order valence-corrected chi connectivity index (χ1v) is 9.63. The highest BCUT2D eigenvalue weighted by Crippen LogP contribution is 2.39. The van der Waals surface area contributed by atoms with E-state index in [-0.39, 0.29) is 23.9 Å². The van der Waals surface area contributed by atoms with Crippen LogP contribution in [0, 0.1) is 11.8 Å². The zero-order valence-corrected chi connectivity index (χ0v) is 17.9. The number of nitrogens with one attached hydrogen (secondary N) is 1. The molecule has 4 atom stereocenters. The molecular weight excluding hydrogens is 366 g/mol. The van der Waals surface area contributed by atoms with E-state index < -0.39 is 23.2 Å². The molecule has 1 aromatic carbocycles. The van der Waals surface area contributed by atoms with E-state index in [0.717, 1.165) is 5.56 Å². The minimum absolute atomic E-state index is 0.282. The molecule has 0 spiro atoms. The summed E-state index contributed by atoms with van der Waals surface area (Å²) in [6.45, 7) is 12.9. The molecule has 1 heterocycles. The zero-order chi connectivity index (χ0) is 20.6. The molecular formula is C21H30ClNO4. The highest BCUT2D eigenvalue weighted by molar-refractivity contribution is 6.30. The number of benzene rings is 1. The molecule has 2 rings (SSSR count). The third-order valence-corrected chi connectivity index (χ3v) is 4.63. The lowest BCUT2D eigenvalue weighted by Gasteiger charge is -2.27. The van der Waals surface area contributed by atoms with Gasteiger partial charge in [-0.2, -0.15) is 0 Å². The van der Waals surface area contributed by atoms with E-state index in [2.05, 4.69) is 5.32 Å². The Bertz CT molecular complexity index is 688. The quantitative estimate of drug-likeness (QED) is 0.773. The van der Waals surface area contributed by atoms with Gasteiger partial charge in [0.15, 0.2) is 0 Å². The van der Waals surface area contributed by atoms with Crippen LogP contribution in [0.2, 0.25) is 5.02 Å². The summed E-state index contributed by atoms with van der Waals surface area (Å²) in [6.07, 6.45) is 0.